The van der Waals surface area contributed by atoms with Crippen LogP contribution in [0.5, 0.6) is 0 Å². The summed E-state index contributed by atoms with van der Waals surface area (Å²) in [5.41, 5.74) is 0.909. The molecule has 3 rings (SSSR count). The third-order valence-electron chi connectivity index (χ3n) is 6.04. The fourth-order valence-electron chi connectivity index (χ4n) is 4.04. The van der Waals surface area contributed by atoms with Crippen LogP contribution < -0.4 is 0 Å². The van der Waals surface area contributed by atoms with Crippen LogP contribution in [0.25, 0.3) is 0 Å². The third-order valence-corrected chi connectivity index (χ3v) is 6.04. The summed E-state index contributed by atoms with van der Waals surface area (Å²) in [6.07, 6.45) is 6.20. The molecule has 2 N–H and O–H groups in total. The molecule has 6 unspecified atom stereocenters. The van der Waals surface area contributed by atoms with Gasteiger partial charge in [-0.1, -0.05) is 31.6 Å². The molecule has 0 aromatic carbocycles. The van der Waals surface area contributed by atoms with E-state index in [-0.39, 0.29) is 18.1 Å². The quantitative estimate of drug-likeness (QED) is 0.570. The Morgan fingerprint density at radius 1 is 1.29 bits per heavy atom. The summed E-state index contributed by atoms with van der Waals surface area (Å²) in [5.74, 6) is 0.265. The van der Waals surface area contributed by atoms with Crippen molar-refractivity contribution in [1.29, 1.82) is 0 Å². The van der Waals surface area contributed by atoms with Crippen molar-refractivity contribution in [2.75, 3.05) is 0 Å². The first-order valence-corrected chi connectivity index (χ1v) is 9.26. The Balaban J connectivity index is 1.91. The van der Waals surface area contributed by atoms with Crippen LogP contribution in [0.15, 0.2) is 23.3 Å². The number of ether oxygens (including phenoxy) is 2. The summed E-state index contributed by atoms with van der Waals surface area (Å²) in [6.45, 7) is 10.2. The number of hydrogen-bond donors (Lipinski definition) is 2. The summed E-state index contributed by atoms with van der Waals surface area (Å²) in [4.78, 5) is 0. The number of epoxide rings is 1. The Bertz CT molecular complexity index is 548. The van der Waals surface area contributed by atoms with E-state index in [2.05, 4.69) is 26.8 Å². The van der Waals surface area contributed by atoms with Gasteiger partial charge in [0.1, 0.15) is 23.9 Å². The fourth-order valence-corrected chi connectivity index (χ4v) is 4.04. The molecule has 0 aromatic heterocycles. The number of aliphatic hydroxyl groups is 2. The zero-order valence-corrected chi connectivity index (χ0v) is 15.6. The first-order chi connectivity index (χ1) is 11.1. The highest BCUT2D eigenvalue weighted by atomic mass is 16.6. The summed E-state index contributed by atoms with van der Waals surface area (Å²) in [7, 11) is 0. The van der Waals surface area contributed by atoms with Crippen molar-refractivity contribution >= 4 is 0 Å². The van der Waals surface area contributed by atoms with Crippen molar-refractivity contribution in [3.05, 3.63) is 23.3 Å². The van der Waals surface area contributed by atoms with E-state index in [1.165, 1.54) is 5.57 Å². The van der Waals surface area contributed by atoms with Crippen LogP contribution in [0.3, 0.4) is 0 Å². The van der Waals surface area contributed by atoms with Crippen molar-refractivity contribution in [3.63, 3.8) is 0 Å². The monoisotopic (exact) mass is 336 g/mol. The van der Waals surface area contributed by atoms with Gasteiger partial charge in [0.25, 0.3) is 0 Å². The van der Waals surface area contributed by atoms with Crippen molar-refractivity contribution in [2.24, 2.45) is 5.92 Å². The third kappa shape index (κ3) is 3.22. The standard InChI is InChI=1S/C20H32O4/c1-12(2)14-11-16-19(4,22)10-6-7-13(3)8-9-15-20(5,24-15)18(21)17(14)23-16/h7,11-12,15-18,21-22H,6,8-10H2,1-5H3. The number of aliphatic hydroxyl groups excluding tert-OH is 1. The molecule has 0 spiro atoms. The van der Waals surface area contributed by atoms with Crippen molar-refractivity contribution in [3.8, 4) is 0 Å². The molecule has 3 aliphatic rings. The molecule has 0 aliphatic carbocycles. The Hall–Kier alpha value is -0.680. The smallest absolute Gasteiger partial charge is 0.121 e. The van der Waals surface area contributed by atoms with E-state index in [1.54, 1.807) is 0 Å². The minimum Gasteiger partial charge on any atom is -0.387 e. The molecule has 0 amide bonds. The minimum atomic E-state index is -0.940. The molecule has 1 saturated heterocycles. The molecule has 6 atom stereocenters. The molecule has 3 aliphatic heterocycles. The van der Waals surface area contributed by atoms with Gasteiger partial charge >= 0.3 is 0 Å². The van der Waals surface area contributed by atoms with Gasteiger partial charge in [-0.05, 0) is 57.9 Å². The topological polar surface area (TPSA) is 62.2 Å². The molecule has 2 bridgehead atoms. The maximum Gasteiger partial charge on any atom is 0.121 e. The molecule has 3 heterocycles. The first kappa shape index (κ1) is 18.1. The largest absolute Gasteiger partial charge is 0.387 e. The average molecular weight is 336 g/mol. The molecule has 4 nitrogen and oxygen atoms in total. The van der Waals surface area contributed by atoms with Crippen LogP contribution in [0.1, 0.15) is 60.3 Å². The SMILES string of the molecule is CC1=CCCC(C)(O)C2C=C(C(C)C)C(O2)C(O)C2(C)OC2CC1. The number of rotatable bonds is 1. The van der Waals surface area contributed by atoms with Crippen molar-refractivity contribution in [2.45, 2.75) is 95.9 Å². The van der Waals surface area contributed by atoms with Crippen LogP contribution >= 0.6 is 0 Å². The Labute approximate surface area is 145 Å². The average Bonchev–Trinajstić information content (AvgIpc) is 2.96. The molecule has 136 valence electrons. The Kier molecular flexibility index (Phi) is 4.71. The zero-order chi connectivity index (χ0) is 17.7. The predicted molar refractivity (Wildman–Crippen MR) is 93.7 cm³/mol. The van der Waals surface area contributed by atoms with E-state index in [9.17, 15) is 10.2 Å². The maximum atomic E-state index is 11.0. The van der Waals surface area contributed by atoms with E-state index >= 15 is 0 Å². The van der Waals surface area contributed by atoms with Crippen LogP contribution in [-0.2, 0) is 9.47 Å². The number of allylic oxidation sites excluding steroid dienone is 2. The minimum absolute atomic E-state index is 0.0770. The summed E-state index contributed by atoms with van der Waals surface area (Å²) in [5, 5.41) is 21.9. The van der Waals surface area contributed by atoms with Gasteiger partial charge in [-0.25, -0.2) is 0 Å². The molecule has 24 heavy (non-hydrogen) atoms. The second-order valence-corrected chi connectivity index (χ2v) is 8.52. The molecule has 1 fully saturated rings. The molecule has 4 heteroatoms. The predicted octanol–water partition coefficient (Wildman–Crippen LogP) is 3.13. The molecule has 0 aromatic rings. The van der Waals surface area contributed by atoms with Crippen molar-refractivity contribution < 1.29 is 19.7 Å². The van der Waals surface area contributed by atoms with Gasteiger partial charge in [-0.3, -0.25) is 0 Å². The molecule has 0 radical (unpaired) electrons. The van der Waals surface area contributed by atoms with E-state index in [4.69, 9.17) is 9.47 Å². The zero-order valence-electron chi connectivity index (χ0n) is 15.6. The van der Waals surface area contributed by atoms with E-state index in [0.717, 1.165) is 24.8 Å². The van der Waals surface area contributed by atoms with Gasteiger partial charge in [-0.2, -0.15) is 0 Å². The Morgan fingerprint density at radius 3 is 2.67 bits per heavy atom. The van der Waals surface area contributed by atoms with Crippen LogP contribution in [-0.4, -0.2) is 45.8 Å². The van der Waals surface area contributed by atoms with E-state index in [0.29, 0.717) is 6.42 Å². The fraction of sp³-hybridized carbons (Fsp3) is 0.800. The van der Waals surface area contributed by atoms with Gasteiger partial charge < -0.3 is 19.7 Å². The lowest BCUT2D eigenvalue weighted by Crippen LogP contribution is -2.45. The lowest BCUT2D eigenvalue weighted by molar-refractivity contribution is -0.121. The van der Waals surface area contributed by atoms with Crippen molar-refractivity contribution in [1.82, 2.24) is 0 Å². The summed E-state index contributed by atoms with van der Waals surface area (Å²) in [6, 6.07) is 0. The molecule has 0 saturated carbocycles. The van der Waals surface area contributed by atoms with E-state index < -0.39 is 23.4 Å². The Morgan fingerprint density at radius 2 is 2.00 bits per heavy atom. The van der Waals surface area contributed by atoms with Crippen LogP contribution in [0.2, 0.25) is 0 Å². The van der Waals surface area contributed by atoms with Gasteiger partial charge in [-0.15, -0.1) is 0 Å². The highest BCUT2D eigenvalue weighted by Gasteiger charge is 2.60. The summed E-state index contributed by atoms with van der Waals surface area (Å²) < 4.78 is 12.1. The normalized spacial score (nSPS) is 46.3. The summed E-state index contributed by atoms with van der Waals surface area (Å²) >= 11 is 0. The lowest BCUT2D eigenvalue weighted by atomic mass is 9.85. The second kappa shape index (κ2) is 6.24. The van der Waals surface area contributed by atoms with Crippen LogP contribution in [0, 0.1) is 5.92 Å². The van der Waals surface area contributed by atoms with Gasteiger partial charge in [0.15, 0.2) is 0 Å². The van der Waals surface area contributed by atoms with E-state index in [1.807, 2.05) is 19.9 Å². The van der Waals surface area contributed by atoms with Gasteiger partial charge in [0.2, 0.25) is 0 Å². The number of fused-ring (bicyclic) bond motifs is 3. The molecular formula is C20H32O4. The van der Waals surface area contributed by atoms with Crippen LogP contribution in [0.4, 0.5) is 0 Å². The lowest BCUT2D eigenvalue weighted by Gasteiger charge is -2.32. The first-order valence-electron chi connectivity index (χ1n) is 9.26. The highest BCUT2D eigenvalue weighted by Crippen LogP contribution is 2.47. The molecular weight excluding hydrogens is 304 g/mol. The maximum absolute atomic E-state index is 11.0. The van der Waals surface area contributed by atoms with Gasteiger partial charge in [0.05, 0.1) is 11.7 Å². The van der Waals surface area contributed by atoms with Gasteiger partial charge in [0, 0.05) is 0 Å². The second-order valence-electron chi connectivity index (χ2n) is 8.52. The highest BCUT2D eigenvalue weighted by molar-refractivity contribution is 5.26. The number of hydrogen-bond acceptors (Lipinski definition) is 4.